The van der Waals surface area contributed by atoms with E-state index in [-0.39, 0.29) is 17.5 Å². The van der Waals surface area contributed by atoms with Gasteiger partial charge >= 0.3 is 0 Å². The number of carbonyl (C=O) groups is 1. The third-order valence-corrected chi connectivity index (χ3v) is 3.04. The zero-order chi connectivity index (χ0) is 11.8. The molecular weight excluding hydrogens is 207 g/mol. The van der Waals surface area contributed by atoms with Gasteiger partial charge in [-0.1, -0.05) is 12.1 Å². The van der Waals surface area contributed by atoms with Crippen molar-refractivity contribution in [1.82, 2.24) is 0 Å². The number of rotatable bonds is 3. The molecule has 0 saturated heterocycles. The highest BCUT2D eigenvalue weighted by atomic mass is 19.1. The van der Waals surface area contributed by atoms with E-state index in [4.69, 9.17) is 5.73 Å². The summed E-state index contributed by atoms with van der Waals surface area (Å²) in [5.74, 6) is -0.540. The van der Waals surface area contributed by atoms with Crippen molar-refractivity contribution in [3.05, 3.63) is 30.1 Å². The first kappa shape index (κ1) is 11.1. The summed E-state index contributed by atoms with van der Waals surface area (Å²) in [4.78, 5) is 11.9. The quantitative estimate of drug-likeness (QED) is 0.820. The van der Waals surface area contributed by atoms with Crippen LogP contribution >= 0.6 is 0 Å². The van der Waals surface area contributed by atoms with Crippen LogP contribution in [-0.2, 0) is 4.79 Å². The first-order valence-electron chi connectivity index (χ1n) is 5.36. The van der Waals surface area contributed by atoms with Crippen molar-refractivity contribution in [2.24, 2.45) is 11.7 Å². The maximum absolute atomic E-state index is 13.3. The largest absolute Gasteiger partial charge is 0.322 e. The molecule has 1 aromatic carbocycles. The molecule has 86 valence electrons. The Morgan fingerprint density at radius 1 is 1.50 bits per heavy atom. The second-order valence-electron chi connectivity index (χ2n) is 4.49. The molecule has 16 heavy (non-hydrogen) atoms. The van der Waals surface area contributed by atoms with E-state index < -0.39 is 11.4 Å². The van der Waals surface area contributed by atoms with E-state index in [0.29, 0.717) is 0 Å². The Labute approximate surface area is 93.8 Å². The van der Waals surface area contributed by atoms with E-state index in [0.717, 1.165) is 12.8 Å². The lowest BCUT2D eigenvalue weighted by Gasteiger charge is -2.23. The van der Waals surface area contributed by atoms with Crippen LogP contribution in [0.25, 0.3) is 0 Å². The minimum absolute atomic E-state index is 0.185. The van der Waals surface area contributed by atoms with Crippen molar-refractivity contribution >= 4 is 11.6 Å². The Hall–Kier alpha value is -1.42. The van der Waals surface area contributed by atoms with Gasteiger partial charge in [-0.2, -0.15) is 0 Å². The normalized spacial score (nSPS) is 18.9. The smallest absolute Gasteiger partial charge is 0.244 e. The van der Waals surface area contributed by atoms with Crippen LogP contribution in [0, 0.1) is 11.7 Å². The molecule has 4 heteroatoms. The summed E-state index contributed by atoms with van der Waals surface area (Å²) in [6.45, 7) is 1.70. The van der Waals surface area contributed by atoms with Gasteiger partial charge in [-0.25, -0.2) is 4.39 Å². The highest BCUT2D eigenvalue weighted by Gasteiger charge is 2.44. The molecule has 0 aromatic heterocycles. The molecule has 2 rings (SSSR count). The molecule has 1 amide bonds. The number of para-hydroxylation sites is 1. The molecule has 0 radical (unpaired) electrons. The van der Waals surface area contributed by atoms with Gasteiger partial charge in [0.1, 0.15) is 5.82 Å². The van der Waals surface area contributed by atoms with Crippen molar-refractivity contribution in [2.75, 3.05) is 5.32 Å². The molecule has 1 atom stereocenters. The molecule has 1 aliphatic carbocycles. The van der Waals surface area contributed by atoms with E-state index in [1.54, 1.807) is 19.1 Å². The highest BCUT2D eigenvalue weighted by molar-refractivity contribution is 5.98. The molecule has 0 heterocycles. The maximum atomic E-state index is 13.3. The Morgan fingerprint density at radius 2 is 2.12 bits per heavy atom. The van der Waals surface area contributed by atoms with Gasteiger partial charge in [0.2, 0.25) is 5.91 Å². The van der Waals surface area contributed by atoms with Crippen LogP contribution in [0.1, 0.15) is 19.8 Å². The molecule has 1 saturated carbocycles. The van der Waals surface area contributed by atoms with Crippen LogP contribution in [0.2, 0.25) is 0 Å². The molecule has 3 N–H and O–H groups in total. The Balaban J connectivity index is 2.10. The van der Waals surface area contributed by atoms with E-state index in [1.165, 1.54) is 12.1 Å². The lowest BCUT2D eigenvalue weighted by Crippen LogP contribution is -2.50. The van der Waals surface area contributed by atoms with E-state index in [2.05, 4.69) is 5.32 Å². The van der Waals surface area contributed by atoms with Gasteiger partial charge in [-0.15, -0.1) is 0 Å². The van der Waals surface area contributed by atoms with Crippen LogP contribution < -0.4 is 11.1 Å². The number of nitrogens with two attached hydrogens (primary N) is 1. The minimum atomic E-state index is -0.901. The molecule has 1 aromatic rings. The third-order valence-electron chi connectivity index (χ3n) is 3.04. The number of amides is 1. The van der Waals surface area contributed by atoms with Crippen molar-refractivity contribution in [2.45, 2.75) is 25.3 Å². The van der Waals surface area contributed by atoms with Crippen molar-refractivity contribution in [1.29, 1.82) is 0 Å². The fourth-order valence-electron chi connectivity index (χ4n) is 1.69. The van der Waals surface area contributed by atoms with Gasteiger partial charge < -0.3 is 11.1 Å². The predicted octanol–water partition coefficient (Wildman–Crippen LogP) is 1.89. The molecule has 3 nitrogen and oxygen atoms in total. The van der Waals surface area contributed by atoms with Crippen LogP contribution in [0.15, 0.2) is 24.3 Å². The van der Waals surface area contributed by atoms with Crippen LogP contribution in [0.3, 0.4) is 0 Å². The van der Waals surface area contributed by atoms with Gasteiger partial charge in [0.15, 0.2) is 0 Å². The number of hydrogen-bond donors (Lipinski definition) is 2. The lowest BCUT2D eigenvalue weighted by atomic mass is 9.96. The van der Waals surface area contributed by atoms with E-state index in [1.807, 2.05) is 0 Å². The van der Waals surface area contributed by atoms with Crippen LogP contribution in [0.4, 0.5) is 10.1 Å². The fourth-order valence-corrected chi connectivity index (χ4v) is 1.69. The summed E-state index contributed by atoms with van der Waals surface area (Å²) in [6, 6.07) is 6.08. The summed E-state index contributed by atoms with van der Waals surface area (Å²) >= 11 is 0. The summed E-state index contributed by atoms with van der Waals surface area (Å²) in [5, 5.41) is 2.53. The average Bonchev–Trinajstić information content (AvgIpc) is 3.04. The summed E-state index contributed by atoms with van der Waals surface area (Å²) in [5.41, 5.74) is 5.21. The van der Waals surface area contributed by atoms with Crippen molar-refractivity contribution in [3.63, 3.8) is 0 Å². The fraction of sp³-hybridized carbons (Fsp3) is 0.417. The van der Waals surface area contributed by atoms with Crippen molar-refractivity contribution in [3.8, 4) is 0 Å². The van der Waals surface area contributed by atoms with Crippen molar-refractivity contribution < 1.29 is 9.18 Å². The second kappa shape index (κ2) is 3.87. The SMILES string of the molecule is CC(N)(C(=O)Nc1ccccc1F)C1CC1. The third kappa shape index (κ3) is 2.07. The number of anilines is 1. The Bertz CT molecular complexity index is 413. The molecule has 1 aliphatic rings. The van der Waals surface area contributed by atoms with E-state index in [9.17, 15) is 9.18 Å². The first-order valence-corrected chi connectivity index (χ1v) is 5.36. The topological polar surface area (TPSA) is 55.1 Å². The van der Waals surface area contributed by atoms with Crippen LogP contribution in [-0.4, -0.2) is 11.4 Å². The minimum Gasteiger partial charge on any atom is -0.322 e. The molecule has 1 unspecified atom stereocenters. The number of halogens is 1. The summed E-state index contributed by atoms with van der Waals surface area (Å²) in [6.07, 6.45) is 1.94. The van der Waals surface area contributed by atoms with Gasteiger partial charge in [-0.05, 0) is 37.8 Å². The highest BCUT2D eigenvalue weighted by Crippen LogP contribution is 2.38. The summed E-state index contributed by atoms with van der Waals surface area (Å²) < 4.78 is 13.3. The zero-order valence-corrected chi connectivity index (χ0v) is 9.16. The zero-order valence-electron chi connectivity index (χ0n) is 9.16. The average molecular weight is 222 g/mol. The predicted molar refractivity (Wildman–Crippen MR) is 60.3 cm³/mol. The Kier molecular flexibility index (Phi) is 2.68. The number of hydrogen-bond acceptors (Lipinski definition) is 2. The standard InChI is InChI=1S/C12H15FN2O/c1-12(14,8-6-7-8)11(16)15-10-5-3-2-4-9(10)13/h2-5,8H,6-7,14H2,1H3,(H,15,16). The second-order valence-corrected chi connectivity index (χ2v) is 4.49. The molecular formula is C12H15FN2O. The lowest BCUT2D eigenvalue weighted by molar-refractivity contribution is -0.121. The molecule has 1 fully saturated rings. The monoisotopic (exact) mass is 222 g/mol. The van der Waals surface area contributed by atoms with Gasteiger partial charge in [0.25, 0.3) is 0 Å². The first-order chi connectivity index (χ1) is 7.51. The number of nitrogens with one attached hydrogen (secondary N) is 1. The maximum Gasteiger partial charge on any atom is 0.244 e. The number of carbonyl (C=O) groups excluding carboxylic acids is 1. The summed E-state index contributed by atoms with van der Waals surface area (Å²) in [7, 11) is 0. The van der Waals surface area contributed by atoms with Gasteiger partial charge in [0, 0.05) is 0 Å². The molecule has 0 bridgehead atoms. The van der Waals surface area contributed by atoms with Gasteiger partial charge in [0.05, 0.1) is 11.2 Å². The Morgan fingerprint density at radius 3 is 2.69 bits per heavy atom. The van der Waals surface area contributed by atoms with Gasteiger partial charge in [-0.3, -0.25) is 4.79 Å². The van der Waals surface area contributed by atoms with Crippen LogP contribution in [0.5, 0.6) is 0 Å². The molecule has 0 spiro atoms. The number of benzene rings is 1. The molecule has 0 aliphatic heterocycles. The van der Waals surface area contributed by atoms with E-state index >= 15 is 0 Å².